The van der Waals surface area contributed by atoms with Crippen molar-refractivity contribution in [2.75, 3.05) is 5.32 Å². The first-order chi connectivity index (χ1) is 8.76. The molecule has 2 N–H and O–H groups in total. The van der Waals surface area contributed by atoms with E-state index in [1.165, 1.54) is 12.4 Å². The summed E-state index contributed by atoms with van der Waals surface area (Å²) in [7, 11) is 0. The van der Waals surface area contributed by atoms with Crippen LogP contribution >= 0.6 is 23.2 Å². The van der Waals surface area contributed by atoms with E-state index in [4.69, 9.17) is 23.2 Å². The number of rotatable bonds is 4. The Morgan fingerprint density at radius 3 is 2.79 bits per heavy atom. The number of nitrogens with zero attached hydrogens (tertiary/aromatic N) is 2. The summed E-state index contributed by atoms with van der Waals surface area (Å²) in [6.07, 6.45) is -1.77. The van der Waals surface area contributed by atoms with Crippen molar-refractivity contribution >= 4 is 28.9 Å². The molecule has 1 aromatic heterocycles. The lowest BCUT2D eigenvalue weighted by Crippen LogP contribution is -2.42. The van der Waals surface area contributed by atoms with Crippen molar-refractivity contribution in [1.82, 2.24) is 15.1 Å². The smallest absolute Gasteiger partial charge is 0.366 e. The molecule has 2 heterocycles. The van der Waals surface area contributed by atoms with Gasteiger partial charge < -0.3 is 10.6 Å². The Balaban J connectivity index is 1.97. The van der Waals surface area contributed by atoms with Crippen LogP contribution in [0.2, 0.25) is 0 Å². The van der Waals surface area contributed by atoms with E-state index >= 15 is 0 Å². The van der Waals surface area contributed by atoms with Gasteiger partial charge in [-0.15, -0.1) is 0 Å². The Kier molecular flexibility index (Phi) is 3.87. The standard InChI is InChI=1S/C10H11Cl2F3N4/c1-5-7(18-8(5)11)9(12)17-6-2-16-19(3-6)4-10(13,14)15/h2-3,8-9,17-18H,4H2,1H3/t8-,9?/m0/s1. The summed E-state index contributed by atoms with van der Waals surface area (Å²) in [5, 5.41) is 9.34. The fourth-order valence-corrected chi connectivity index (χ4v) is 2.21. The third kappa shape index (κ3) is 3.48. The second kappa shape index (κ2) is 5.13. The maximum Gasteiger partial charge on any atom is 0.408 e. The number of halogens is 5. The van der Waals surface area contributed by atoms with Crippen molar-refractivity contribution in [2.24, 2.45) is 0 Å². The number of nitrogens with one attached hydrogen (secondary N) is 2. The monoisotopic (exact) mass is 314 g/mol. The predicted octanol–water partition coefficient (Wildman–Crippen LogP) is 2.86. The summed E-state index contributed by atoms with van der Waals surface area (Å²) < 4.78 is 37.3. The van der Waals surface area contributed by atoms with Gasteiger partial charge in [0.2, 0.25) is 0 Å². The van der Waals surface area contributed by atoms with Crippen LogP contribution < -0.4 is 10.6 Å². The van der Waals surface area contributed by atoms with E-state index < -0.39 is 18.2 Å². The zero-order chi connectivity index (χ0) is 14.2. The topological polar surface area (TPSA) is 41.9 Å². The van der Waals surface area contributed by atoms with Gasteiger partial charge in [0.05, 0.1) is 17.6 Å². The minimum Gasteiger partial charge on any atom is -0.366 e. The highest BCUT2D eigenvalue weighted by atomic mass is 35.5. The summed E-state index contributed by atoms with van der Waals surface area (Å²) >= 11 is 11.9. The number of alkyl halides is 5. The van der Waals surface area contributed by atoms with Crippen LogP contribution in [0.4, 0.5) is 18.9 Å². The molecule has 1 aliphatic heterocycles. The first kappa shape index (κ1) is 14.3. The van der Waals surface area contributed by atoms with Crippen LogP contribution in [-0.4, -0.2) is 27.0 Å². The zero-order valence-electron chi connectivity index (χ0n) is 9.80. The van der Waals surface area contributed by atoms with Crippen LogP contribution in [-0.2, 0) is 6.54 Å². The number of anilines is 1. The highest BCUT2D eigenvalue weighted by molar-refractivity contribution is 6.26. The van der Waals surface area contributed by atoms with Crippen molar-refractivity contribution < 1.29 is 13.2 Å². The van der Waals surface area contributed by atoms with E-state index in [1.54, 1.807) is 0 Å². The van der Waals surface area contributed by atoms with E-state index in [0.717, 1.165) is 16.0 Å². The normalized spacial score (nSPS) is 20.8. The van der Waals surface area contributed by atoms with Crippen molar-refractivity contribution in [3.05, 3.63) is 23.7 Å². The lowest BCUT2D eigenvalue weighted by molar-refractivity contribution is -0.142. The fourth-order valence-electron chi connectivity index (χ4n) is 1.62. The highest BCUT2D eigenvalue weighted by Crippen LogP contribution is 2.27. The summed E-state index contributed by atoms with van der Waals surface area (Å²) in [4.78, 5) is 0. The molecule has 1 aromatic rings. The summed E-state index contributed by atoms with van der Waals surface area (Å²) in [5.74, 6) is 0. The maximum absolute atomic E-state index is 12.2. The molecule has 19 heavy (non-hydrogen) atoms. The highest BCUT2D eigenvalue weighted by Gasteiger charge is 2.30. The van der Waals surface area contributed by atoms with Gasteiger partial charge in [0, 0.05) is 6.20 Å². The largest absolute Gasteiger partial charge is 0.408 e. The van der Waals surface area contributed by atoms with Crippen LogP contribution in [0, 0.1) is 0 Å². The molecule has 9 heteroatoms. The molecule has 1 aliphatic rings. The van der Waals surface area contributed by atoms with Crippen LogP contribution in [0.25, 0.3) is 0 Å². The third-order valence-corrected chi connectivity index (χ3v) is 3.37. The maximum atomic E-state index is 12.2. The molecule has 106 valence electrons. The van der Waals surface area contributed by atoms with Gasteiger partial charge in [-0.2, -0.15) is 18.3 Å². The summed E-state index contributed by atoms with van der Waals surface area (Å²) in [6.45, 7) is 0.693. The molecule has 0 aliphatic carbocycles. The van der Waals surface area contributed by atoms with E-state index in [2.05, 4.69) is 15.7 Å². The number of aromatic nitrogens is 2. The molecule has 0 saturated heterocycles. The van der Waals surface area contributed by atoms with Gasteiger partial charge in [-0.1, -0.05) is 23.2 Å². The van der Waals surface area contributed by atoms with Gasteiger partial charge in [0.15, 0.2) is 0 Å². The third-order valence-electron chi connectivity index (χ3n) is 2.61. The minimum atomic E-state index is -4.30. The van der Waals surface area contributed by atoms with Crippen LogP contribution in [0.5, 0.6) is 0 Å². The Labute approximate surface area is 117 Å². The first-order valence-corrected chi connectivity index (χ1v) is 6.24. The predicted molar refractivity (Wildman–Crippen MR) is 67.0 cm³/mol. The molecule has 0 aromatic carbocycles. The lowest BCUT2D eigenvalue weighted by atomic mass is 10.1. The van der Waals surface area contributed by atoms with Gasteiger partial charge in [-0.3, -0.25) is 4.68 Å². The molecule has 0 fully saturated rings. The van der Waals surface area contributed by atoms with Crippen molar-refractivity contribution in [3.63, 3.8) is 0 Å². The van der Waals surface area contributed by atoms with E-state index in [0.29, 0.717) is 5.69 Å². The molecule has 2 atom stereocenters. The van der Waals surface area contributed by atoms with Crippen molar-refractivity contribution in [3.8, 4) is 0 Å². The SMILES string of the molecule is CC1=C(C(Cl)Nc2cnn(CC(F)(F)F)c2)N[C@@H]1Cl. The quantitative estimate of drug-likeness (QED) is 0.663. The Morgan fingerprint density at radius 2 is 2.26 bits per heavy atom. The molecule has 0 bridgehead atoms. The Morgan fingerprint density at radius 1 is 1.58 bits per heavy atom. The van der Waals surface area contributed by atoms with Gasteiger partial charge >= 0.3 is 6.18 Å². The van der Waals surface area contributed by atoms with Crippen molar-refractivity contribution in [1.29, 1.82) is 0 Å². The molecule has 0 spiro atoms. The molecule has 1 unspecified atom stereocenters. The van der Waals surface area contributed by atoms with Crippen LogP contribution in [0.3, 0.4) is 0 Å². The van der Waals surface area contributed by atoms with E-state index in [9.17, 15) is 13.2 Å². The number of hydrogen-bond donors (Lipinski definition) is 2. The fraction of sp³-hybridized carbons (Fsp3) is 0.500. The van der Waals surface area contributed by atoms with Gasteiger partial charge in [0.25, 0.3) is 0 Å². The lowest BCUT2D eigenvalue weighted by Gasteiger charge is -2.32. The second-order valence-corrected chi connectivity index (χ2v) is 5.03. The average molecular weight is 315 g/mol. The molecule has 0 saturated carbocycles. The van der Waals surface area contributed by atoms with E-state index in [-0.39, 0.29) is 5.50 Å². The Bertz CT molecular complexity index is 497. The number of hydrogen-bond acceptors (Lipinski definition) is 3. The summed E-state index contributed by atoms with van der Waals surface area (Å²) in [6, 6.07) is 0. The Hall–Kier alpha value is -1.08. The average Bonchev–Trinajstić information content (AvgIpc) is 2.69. The van der Waals surface area contributed by atoms with Crippen molar-refractivity contribution in [2.45, 2.75) is 30.6 Å². The molecule has 0 amide bonds. The van der Waals surface area contributed by atoms with E-state index in [1.807, 2.05) is 6.92 Å². The van der Waals surface area contributed by atoms with Gasteiger partial charge in [0.1, 0.15) is 17.5 Å². The molecular formula is C10H11Cl2F3N4. The minimum absolute atomic E-state index is 0.244. The molecule has 4 nitrogen and oxygen atoms in total. The molecule has 2 rings (SSSR count). The summed E-state index contributed by atoms with van der Waals surface area (Å²) in [5.41, 5.74) is 1.20. The van der Waals surface area contributed by atoms with Gasteiger partial charge in [-0.25, -0.2) is 0 Å². The van der Waals surface area contributed by atoms with Crippen LogP contribution in [0.1, 0.15) is 6.92 Å². The molecular weight excluding hydrogens is 304 g/mol. The van der Waals surface area contributed by atoms with Gasteiger partial charge in [-0.05, 0) is 12.5 Å². The van der Waals surface area contributed by atoms with Crippen LogP contribution in [0.15, 0.2) is 23.7 Å². The first-order valence-electron chi connectivity index (χ1n) is 5.37. The zero-order valence-corrected chi connectivity index (χ0v) is 11.3. The molecule has 0 radical (unpaired) electrons. The second-order valence-electron chi connectivity index (χ2n) is 4.15.